The Bertz CT molecular complexity index is 1220. The lowest BCUT2D eigenvalue weighted by molar-refractivity contribution is -0.118. The molecule has 0 aliphatic heterocycles. The number of furan rings is 1. The van der Waals surface area contributed by atoms with Gasteiger partial charge in [-0.1, -0.05) is 42.1 Å². The van der Waals surface area contributed by atoms with Crippen LogP contribution in [0.2, 0.25) is 0 Å². The molecule has 2 heterocycles. The van der Waals surface area contributed by atoms with Crippen LogP contribution in [0.15, 0.2) is 92.5 Å². The number of hydrogen-bond acceptors (Lipinski definition) is 6. The maximum Gasteiger partial charge on any atom is 0.266 e. The molecule has 0 atom stereocenters. The van der Waals surface area contributed by atoms with Crippen LogP contribution < -0.4 is 11.0 Å². The highest BCUT2D eigenvalue weighted by atomic mass is 32.2. The Morgan fingerprint density at radius 1 is 1.10 bits per heavy atom. The van der Waals surface area contributed by atoms with Gasteiger partial charge in [0, 0.05) is 0 Å². The smallest absolute Gasteiger partial charge is 0.266 e. The van der Waals surface area contributed by atoms with E-state index in [0.29, 0.717) is 27.5 Å². The zero-order chi connectivity index (χ0) is 20.1. The van der Waals surface area contributed by atoms with Crippen molar-refractivity contribution in [1.29, 1.82) is 0 Å². The number of benzene rings is 2. The fourth-order valence-electron chi connectivity index (χ4n) is 2.71. The summed E-state index contributed by atoms with van der Waals surface area (Å²) >= 11 is 1.17. The van der Waals surface area contributed by atoms with Crippen LogP contribution in [0.4, 0.5) is 0 Å². The summed E-state index contributed by atoms with van der Waals surface area (Å²) in [5, 5.41) is 4.81. The monoisotopic (exact) mass is 404 g/mol. The van der Waals surface area contributed by atoms with Crippen molar-refractivity contribution in [2.24, 2.45) is 5.10 Å². The number of nitrogens with one attached hydrogen (secondary N) is 1. The quantitative estimate of drug-likeness (QED) is 0.231. The minimum Gasteiger partial charge on any atom is -0.463 e. The second-order valence-corrected chi connectivity index (χ2v) is 6.93. The minimum atomic E-state index is -0.320. The first-order valence-electron chi connectivity index (χ1n) is 8.78. The Labute approximate surface area is 170 Å². The van der Waals surface area contributed by atoms with Gasteiger partial charge in [0.2, 0.25) is 0 Å². The summed E-state index contributed by atoms with van der Waals surface area (Å²) < 4.78 is 6.63. The first-order chi connectivity index (χ1) is 14.2. The van der Waals surface area contributed by atoms with Crippen LogP contribution in [-0.4, -0.2) is 27.4 Å². The van der Waals surface area contributed by atoms with Gasteiger partial charge >= 0.3 is 0 Å². The average molecular weight is 404 g/mol. The molecule has 0 saturated carbocycles. The third-order valence-corrected chi connectivity index (χ3v) is 4.95. The molecule has 4 rings (SSSR count). The molecule has 2 aromatic carbocycles. The van der Waals surface area contributed by atoms with Crippen LogP contribution in [0, 0.1) is 0 Å². The van der Waals surface area contributed by atoms with Crippen LogP contribution in [0.1, 0.15) is 5.76 Å². The van der Waals surface area contributed by atoms with E-state index in [9.17, 15) is 9.59 Å². The summed E-state index contributed by atoms with van der Waals surface area (Å²) in [5.74, 6) is 0.263. The van der Waals surface area contributed by atoms with Crippen LogP contribution in [0.5, 0.6) is 0 Å². The molecule has 0 fully saturated rings. The molecule has 0 bridgehead atoms. The molecule has 8 heteroatoms. The van der Waals surface area contributed by atoms with Crippen LogP contribution >= 0.6 is 11.8 Å². The van der Waals surface area contributed by atoms with E-state index < -0.39 is 0 Å². The maximum atomic E-state index is 13.1. The number of carbonyl (C=O) groups excluding carboxylic acids is 1. The van der Waals surface area contributed by atoms with E-state index in [1.807, 2.05) is 36.4 Å². The summed E-state index contributed by atoms with van der Waals surface area (Å²) in [6.45, 7) is 0. The predicted octanol–water partition coefficient (Wildman–Crippen LogP) is 3.22. The summed E-state index contributed by atoms with van der Waals surface area (Å²) in [6, 6.07) is 19.8. The van der Waals surface area contributed by atoms with Gasteiger partial charge in [-0.3, -0.25) is 14.2 Å². The number of hydrogen-bond donors (Lipinski definition) is 1. The Morgan fingerprint density at radius 2 is 1.90 bits per heavy atom. The molecule has 0 aliphatic carbocycles. The molecule has 0 radical (unpaired) electrons. The zero-order valence-electron chi connectivity index (χ0n) is 15.2. The van der Waals surface area contributed by atoms with Gasteiger partial charge < -0.3 is 4.42 Å². The Hall–Kier alpha value is -3.65. The SMILES string of the molecule is O=C(CSc1nc2ccccc2c(=O)n1-c1ccccc1)N/N=C/c1ccco1. The number of thioether (sulfide) groups is 1. The van der Waals surface area contributed by atoms with E-state index in [-0.39, 0.29) is 17.2 Å². The Morgan fingerprint density at radius 3 is 2.69 bits per heavy atom. The van der Waals surface area contributed by atoms with Crippen LogP contribution in [0.25, 0.3) is 16.6 Å². The molecule has 4 aromatic rings. The number of nitrogens with zero attached hydrogens (tertiary/aromatic N) is 3. The average Bonchev–Trinajstić information content (AvgIpc) is 3.26. The third-order valence-electron chi connectivity index (χ3n) is 4.02. The normalized spacial score (nSPS) is 11.2. The molecular formula is C21H16N4O3S. The van der Waals surface area contributed by atoms with Gasteiger partial charge in [0.25, 0.3) is 11.5 Å². The van der Waals surface area contributed by atoms with E-state index in [0.717, 1.165) is 0 Å². The molecule has 0 spiro atoms. The lowest BCUT2D eigenvalue weighted by Gasteiger charge is -2.12. The van der Waals surface area contributed by atoms with E-state index in [4.69, 9.17) is 4.42 Å². The summed E-state index contributed by atoms with van der Waals surface area (Å²) in [6.07, 6.45) is 2.93. The molecule has 1 N–H and O–H groups in total. The molecule has 7 nitrogen and oxygen atoms in total. The van der Waals surface area contributed by atoms with Crippen molar-refractivity contribution in [3.05, 3.63) is 89.1 Å². The number of hydrazone groups is 1. The highest BCUT2D eigenvalue weighted by Gasteiger charge is 2.14. The van der Waals surface area contributed by atoms with Gasteiger partial charge in [-0.2, -0.15) is 5.10 Å². The lowest BCUT2D eigenvalue weighted by atomic mass is 10.2. The molecule has 0 saturated heterocycles. The maximum absolute atomic E-state index is 13.1. The van der Waals surface area contributed by atoms with Crippen molar-refractivity contribution < 1.29 is 9.21 Å². The fraction of sp³-hybridized carbons (Fsp3) is 0.0476. The van der Waals surface area contributed by atoms with Gasteiger partial charge in [0.05, 0.1) is 34.8 Å². The number of carbonyl (C=O) groups is 1. The first-order valence-corrected chi connectivity index (χ1v) is 9.76. The predicted molar refractivity (Wildman–Crippen MR) is 113 cm³/mol. The van der Waals surface area contributed by atoms with Gasteiger partial charge in [-0.25, -0.2) is 10.4 Å². The Kier molecular flexibility index (Phi) is 5.53. The first kappa shape index (κ1) is 18.7. The molecule has 1 amide bonds. The highest BCUT2D eigenvalue weighted by Crippen LogP contribution is 2.21. The Balaban J connectivity index is 1.59. The second-order valence-electron chi connectivity index (χ2n) is 5.98. The molecule has 0 unspecified atom stereocenters. The lowest BCUT2D eigenvalue weighted by Crippen LogP contribution is -2.24. The van der Waals surface area contributed by atoms with Crippen LogP contribution in [0.3, 0.4) is 0 Å². The third kappa shape index (κ3) is 4.27. The second kappa shape index (κ2) is 8.57. The van der Waals surface area contributed by atoms with Gasteiger partial charge in [-0.05, 0) is 36.4 Å². The topological polar surface area (TPSA) is 89.5 Å². The summed E-state index contributed by atoms with van der Waals surface area (Å²) in [4.78, 5) is 29.8. The number of para-hydroxylation sites is 2. The zero-order valence-corrected chi connectivity index (χ0v) is 16.0. The number of aromatic nitrogens is 2. The summed E-state index contributed by atoms with van der Waals surface area (Å²) in [5.41, 5.74) is 3.53. The standard InChI is InChI=1S/C21H16N4O3S/c26-19(24-22-13-16-9-6-12-28-16)14-29-21-23-18-11-5-4-10-17(18)20(27)25(21)15-7-2-1-3-8-15/h1-13H,14H2,(H,24,26)/b22-13+. The van der Waals surface area contributed by atoms with Crippen molar-refractivity contribution in [2.75, 3.05) is 5.75 Å². The minimum absolute atomic E-state index is 0.0487. The molecular weight excluding hydrogens is 388 g/mol. The largest absolute Gasteiger partial charge is 0.463 e. The van der Waals surface area contributed by atoms with Gasteiger partial charge in [0.1, 0.15) is 5.76 Å². The van der Waals surface area contributed by atoms with Crippen molar-refractivity contribution in [2.45, 2.75) is 5.16 Å². The fourth-order valence-corrected chi connectivity index (χ4v) is 3.51. The van der Waals surface area contributed by atoms with Gasteiger partial charge in [0.15, 0.2) is 5.16 Å². The van der Waals surface area contributed by atoms with Crippen LogP contribution in [-0.2, 0) is 4.79 Å². The van der Waals surface area contributed by atoms with Crippen molar-refractivity contribution in [3.63, 3.8) is 0 Å². The van der Waals surface area contributed by atoms with E-state index in [1.54, 1.807) is 30.3 Å². The number of rotatable bonds is 6. The van der Waals surface area contributed by atoms with Crippen molar-refractivity contribution in [3.8, 4) is 5.69 Å². The van der Waals surface area contributed by atoms with E-state index in [2.05, 4.69) is 15.5 Å². The van der Waals surface area contributed by atoms with Gasteiger partial charge in [-0.15, -0.1) is 0 Å². The molecule has 144 valence electrons. The molecule has 0 aliphatic rings. The molecule has 2 aromatic heterocycles. The molecule has 29 heavy (non-hydrogen) atoms. The van der Waals surface area contributed by atoms with Crippen molar-refractivity contribution >= 4 is 34.8 Å². The highest BCUT2D eigenvalue weighted by molar-refractivity contribution is 7.99. The summed E-state index contributed by atoms with van der Waals surface area (Å²) in [7, 11) is 0. The van der Waals surface area contributed by atoms with Crippen molar-refractivity contribution in [1.82, 2.24) is 15.0 Å². The number of fused-ring (bicyclic) bond motifs is 1. The number of amides is 1. The van der Waals surface area contributed by atoms with E-state index >= 15 is 0 Å². The van der Waals surface area contributed by atoms with E-state index in [1.165, 1.54) is 28.8 Å².